The lowest BCUT2D eigenvalue weighted by molar-refractivity contribution is -0.122. The molecule has 1 aromatic heterocycles. The maximum atomic E-state index is 14.3. The minimum atomic E-state index is -0.665. The lowest BCUT2D eigenvalue weighted by Crippen LogP contribution is -2.45. The first-order valence-corrected chi connectivity index (χ1v) is 10.7. The first-order chi connectivity index (χ1) is 15.3. The molecule has 2 fully saturated rings. The van der Waals surface area contributed by atoms with Gasteiger partial charge in [-0.2, -0.15) is 0 Å². The van der Waals surface area contributed by atoms with Crippen LogP contribution in [0.3, 0.4) is 0 Å². The molecule has 1 aliphatic carbocycles. The number of aromatic nitrogens is 1. The van der Waals surface area contributed by atoms with Gasteiger partial charge in [0.25, 0.3) is 0 Å². The van der Waals surface area contributed by atoms with E-state index in [2.05, 4.69) is 5.32 Å². The molecule has 32 heavy (non-hydrogen) atoms. The molecule has 7 nitrogen and oxygen atoms in total. The molecule has 1 saturated carbocycles. The van der Waals surface area contributed by atoms with Gasteiger partial charge in [0, 0.05) is 24.0 Å². The second-order valence-electron chi connectivity index (χ2n) is 8.28. The Morgan fingerprint density at radius 2 is 1.91 bits per heavy atom. The van der Waals surface area contributed by atoms with Crippen molar-refractivity contribution < 1.29 is 18.8 Å². The number of benzene rings is 2. The number of anilines is 1. The fraction of sp³-hybridized carbons (Fsp3) is 0.261. The molecule has 5 rings (SSSR count). The van der Waals surface area contributed by atoms with Crippen molar-refractivity contribution in [1.82, 2.24) is 9.47 Å². The first-order valence-electron chi connectivity index (χ1n) is 10.3. The van der Waals surface area contributed by atoms with Gasteiger partial charge in [-0.3, -0.25) is 9.36 Å². The van der Waals surface area contributed by atoms with Gasteiger partial charge in [0.05, 0.1) is 22.3 Å². The number of nitrogens with zero attached hydrogens (tertiary/aromatic N) is 2. The van der Waals surface area contributed by atoms with Crippen molar-refractivity contribution in [3.8, 4) is 0 Å². The molecule has 3 aromatic rings. The predicted molar refractivity (Wildman–Crippen MR) is 118 cm³/mol. The number of ketones is 1. The first kappa shape index (κ1) is 20.5. The smallest absolute Gasteiger partial charge is 0.323 e. The Kier molecular flexibility index (Phi) is 4.89. The maximum absolute atomic E-state index is 14.3. The standard InChI is InChI=1S/C23H20ClFN4O3/c24-15-6-3-4-12(21(15)25)10-20(30)19-9-13-8-18(13)29(19)23(32)27-16-11-28(22(26)31)17-7-2-1-5-14(16)17/h1-7,11,13,18-19H,8-10H2,(H2,26,31)(H,27,32)/t13?,18?,19-/m0/s1. The third-order valence-electron chi connectivity index (χ3n) is 6.30. The molecule has 2 heterocycles. The molecule has 0 spiro atoms. The molecular weight excluding hydrogens is 435 g/mol. The third-order valence-corrected chi connectivity index (χ3v) is 6.59. The van der Waals surface area contributed by atoms with Crippen molar-refractivity contribution in [2.45, 2.75) is 31.3 Å². The number of piperidine rings is 1. The fourth-order valence-corrected chi connectivity index (χ4v) is 4.86. The van der Waals surface area contributed by atoms with E-state index in [-0.39, 0.29) is 34.7 Å². The Morgan fingerprint density at radius 3 is 2.69 bits per heavy atom. The molecule has 9 heteroatoms. The minimum absolute atomic E-state index is 0.0161. The van der Waals surface area contributed by atoms with Crippen molar-refractivity contribution in [1.29, 1.82) is 0 Å². The van der Waals surface area contributed by atoms with Crippen molar-refractivity contribution in [2.75, 3.05) is 5.32 Å². The van der Waals surface area contributed by atoms with Crippen LogP contribution in [0.25, 0.3) is 10.9 Å². The molecule has 2 aromatic carbocycles. The van der Waals surface area contributed by atoms with Crippen LogP contribution in [0.5, 0.6) is 0 Å². The minimum Gasteiger partial charge on any atom is -0.351 e. The molecular formula is C23H20ClFN4O3. The number of carbonyl (C=O) groups is 3. The van der Waals surface area contributed by atoms with Crippen molar-refractivity contribution in [3.63, 3.8) is 0 Å². The zero-order valence-electron chi connectivity index (χ0n) is 16.9. The number of para-hydroxylation sites is 1. The highest BCUT2D eigenvalue weighted by Crippen LogP contribution is 2.48. The van der Waals surface area contributed by atoms with Crippen LogP contribution in [0.2, 0.25) is 5.02 Å². The summed E-state index contributed by atoms with van der Waals surface area (Å²) in [5, 5.41) is 3.46. The zero-order chi connectivity index (χ0) is 22.6. The van der Waals surface area contributed by atoms with Gasteiger partial charge in [-0.05, 0) is 36.5 Å². The summed E-state index contributed by atoms with van der Waals surface area (Å²) in [6.45, 7) is 0. The van der Waals surface area contributed by atoms with Gasteiger partial charge in [0.2, 0.25) is 0 Å². The summed E-state index contributed by atoms with van der Waals surface area (Å²) in [6.07, 6.45) is 2.73. The SMILES string of the molecule is NC(=O)n1cc(NC(=O)N2C3CC3C[C@H]2C(=O)Cc2cccc(Cl)c2F)c2ccccc21. The normalized spacial score (nSPS) is 21.4. The molecule has 3 N–H and O–H groups in total. The van der Waals surface area contributed by atoms with Crippen molar-refractivity contribution in [2.24, 2.45) is 11.7 Å². The van der Waals surface area contributed by atoms with Gasteiger partial charge in [-0.15, -0.1) is 0 Å². The number of likely N-dealkylation sites (tertiary alicyclic amines) is 1. The lowest BCUT2D eigenvalue weighted by atomic mass is 10.00. The van der Waals surface area contributed by atoms with E-state index < -0.39 is 23.9 Å². The summed E-state index contributed by atoms with van der Waals surface area (Å²) in [5.41, 5.74) is 6.67. The quantitative estimate of drug-likeness (QED) is 0.619. The number of carbonyl (C=O) groups excluding carboxylic acids is 3. The van der Waals surface area contributed by atoms with Crippen molar-refractivity contribution in [3.05, 3.63) is 65.1 Å². The number of nitrogens with one attached hydrogen (secondary N) is 1. The number of fused-ring (bicyclic) bond motifs is 2. The Hall–Kier alpha value is -3.39. The van der Waals surface area contributed by atoms with Gasteiger partial charge in [-0.1, -0.05) is 41.9 Å². The van der Waals surface area contributed by atoms with Gasteiger partial charge in [0.1, 0.15) is 5.82 Å². The van der Waals surface area contributed by atoms with Gasteiger partial charge >= 0.3 is 12.1 Å². The summed E-state index contributed by atoms with van der Waals surface area (Å²) in [5.74, 6) is -0.570. The highest BCUT2D eigenvalue weighted by molar-refractivity contribution is 6.30. The predicted octanol–water partition coefficient (Wildman–Crippen LogP) is 4.17. The van der Waals surface area contributed by atoms with Crippen LogP contribution in [0.1, 0.15) is 18.4 Å². The molecule has 164 valence electrons. The summed E-state index contributed by atoms with van der Waals surface area (Å²) in [7, 11) is 0. The molecule has 2 unspecified atom stereocenters. The zero-order valence-corrected chi connectivity index (χ0v) is 17.7. The number of primary amides is 1. The van der Waals surface area contributed by atoms with Crippen LogP contribution in [0, 0.1) is 11.7 Å². The number of amides is 3. The second kappa shape index (κ2) is 7.63. The largest absolute Gasteiger partial charge is 0.351 e. The van der Waals surface area contributed by atoms with E-state index in [4.69, 9.17) is 17.3 Å². The highest BCUT2D eigenvalue weighted by Gasteiger charge is 2.56. The van der Waals surface area contributed by atoms with Crippen LogP contribution >= 0.6 is 11.6 Å². The molecule has 0 radical (unpaired) electrons. The average Bonchev–Trinajstić information content (AvgIpc) is 3.27. The van der Waals surface area contributed by atoms with E-state index in [1.165, 1.54) is 22.9 Å². The fourth-order valence-electron chi connectivity index (χ4n) is 4.67. The van der Waals surface area contributed by atoms with Crippen LogP contribution in [0.15, 0.2) is 48.7 Å². The third kappa shape index (κ3) is 3.40. The number of Topliss-reactive ketones (excluding diaryl/α,β-unsaturated/α-hetero) is 1. The van der Waals surface area contributed by atoms with Gasteiger partial charge < -0.3 is 16.0 Å². The molecule has 0 bridgehead atoms. The molecule has 2 aliphatic rings. The molecule has 1 aliphatic heterocycles. The Morgan fingerprint density at radius 1 is 1.12 bits per heavy atom. The Balaban J connectivity index is 1.39. The number of nitrogens with two attached hydrogens (primary N) is 1. The number of rotatable bonds is 4. The van der Waals surface area contributed by atoms with E-state index in [1.54, 1.807) is 35.2 Å². The number of urea groups is 1. The van der Waals surface area contributed by atoms with Crippen LogP contribution < -0.4 is 11.1 Å². The summed E-state index contributed by atoms with van der Waals surface area (Å²) in [6, 6.07) is 9.88. The topological polar surface area (TPSA) is 97.4 Å². The Bertz CT molecular complexity index is 1270. The Labute approximate surface area is 187 Å². The summed E-state index contributed by atoms with van der Waals surface area (Å²) >= 11 is 5.83. The molecule has 3 amide bonds. The van der Waals surface area contributed by atoms with Gasteiger partial charge in [0.15, 0.2) is 5.78 Å². The number of hydrogen-bond donors (Lipinski definition) is 2. The lowest BCUT2D eigenvalue weighted by Gasteiger charge is -2.27. The number of hydrogen-bond acceptors (Lipinski definition) is 3. The second-order valence-corrected chi connectivity index (χ2v) is 8.68. The summed E-state index contributed by atoms with van der Waals surface area (Å²) in [4.78, 5) is 39.6. The van der Waals surface area contributed by atoms with E-state index in [9.17, 15) is 18.8 Å². The van der Waals surface area contributed by atoms with E-state index in [0.29, 0.717) is 23.0 Å². The molecule has 1 saturated heterocycles. The monoisotopic (exact) mass is 454 g/mol. The maximum Gasteiger partial charge on any atom is 0.323 e. The van der Waals surface area contributed by atoms with Crippen LogP contribution in [0.4, 0.5) is 19.7 Å². The van der Waals surface area contributed by atoms with Crippen LogP contribution in [-0.2, 0) is 11.2 Å². The van der Waals surface area contributed by atoms with Gasteiger partial charge in [-0.25, -0.2) is 14.0 Å². The highest BCUT2D eigenvalue weighted by atomic mass is 35.5. The van der Waals surface area contributed by atoms with Crippen molar-refractivity contribution >= 4 is 46.0 Å². The molecule has 3 atom stereocenters. The average molecular weight is 455 g/mol. The van der Waals surface area contributed by atoms with E-state index in [0.717, 1.165) is 6.42 Å². The van der Waals surface area contributed by atoms with E-state index in [1.807, 2.05) is 0 Å². The van der Waals surface area contributed by atoms with Crippen LogP contribution in [-0.4, -0.2) is 39.4 Å². The number of halogens is 2. The van der Waals surface area contributed by atoms with E-state index >= 15 is 0 Å². The summed E-state index contributed by atoms with van der Waals surface area (Å²) < 4.78 is 15.5.